The van der Waals surface area contributed by atoms with Crippen molar-refractivity contribution in [1.29, 1.82) is 0 Å². The number of ether oxygens (including phenoxy) is 1. The summed E-state index contributed by atoms with van der Waals surface area (Å²) >= 11 is 6.79. The Bertz CT molecular complexity index is 745. The number of nitrogens with zero attached hydrogens (tertiary/aromatic N) is 4. The first-order chi connectivity index (χ1) is 10.8. The Balaban J connectivity index is 1.72. The predicted molar refractivity (Wildman–Crippen MR) is 91.5 cm³/mol. The molecule has 0 atom stereocenters. The first-order valence-electron chi connectivity index (χ1n) is 6.50. The number of tetrazole rings is 1. The third-order valence-electron chi connectivity index (χ3n) is 2.98. The van der Waals surface area contributed by atoms with Gasteiger partial charge >= 0.3 is 0 Å². The van der Waals surface area contributed by atoms with Crippen molar-refractivity contribution in [2.24, 2.45) is 0 Å². The number of methoxy groups -OCH3 is 1. The zero-order valence-corrected chi connectivity index (χ0v) is 15.0. The smallest absolute Gasteiger partial charge is 0.209 e. The first-order valence-corrected chi connectivity index (χ1v) is 9.16. The Kier molecular flexibility index (Phi) is 5.12. The van der Waals surface area contributed by atoms with E-state index in [0.717, 1.165) is 26.7 Å². The molecule has 0 fully saturated rings. The standard InChI is InChI=1S/C14H13BrN4OS2/c1-20-13-5-4-11(15)7-10(13)9-22-14-16-17-18-19(14)8-12-3-2-6-21-12/h2-7H,8-9H2,1H3. The first kappa shape index (κ1) is 15.5. The second-order valence-electron chi connectivity index (χ2n) is 4.44. The number of rotatable bonds is 6. The summed E-state index contributed by atoms with van der Waals surface area (Å²) in [6.07, 6.45) is 0. The highest BCUT2D eigenvalue weighted by atomic mass is 79.9. The zero-order valence-electron chi connectivity index (χ0n) is 11.8. The van der Waals surface area contributed by atoms with E-state index in [1.54, 1.807) is 30.2 Å². The fourth-order valence-corrected chi connectivity index (χ4v) is 3.90. The number of halogens is 1. The van der Waals surface area contributed by atoms with Gasteiger partial charge in [-0.2, -0.15) is 0 Å². The van der Waals surface area contributed by atoms with Crippen molar-refractivity contribution in [1.82, 2.24) is 20.2 Å². The summed E-state index contributed by atoms with van der Waals surface area (Å²) in [5.41, 5.74) is 1.10. The fraction of sp³-hybridized carbons (Fsp3) is 0.214. The minimum atomic E-state index is 0.697. The molecule has 0 saturated carbocycles. The van der Waals surface area contributed by atoms with Crippen LogP contribution in [-0.4, -0.2) is 27.3 Å². The molecule has 0 bridgehead atoms. The molecule has 2 heterocycles. The summed E-state index contributed by atoms with van der Waals surface area (Å²) in [4.78, 5) is 1.23. The van der Waals surface area contributed by atoms with Crippen LogP contribution >= 0.6 is 39.0 Å². The molecule has 0 amide bonds. The fourth-order valence-electron chi connectivity index (χ4n) is 1.95. The molecule has 2 aromatic heterocycles. The van der Waals surface area contributed by atoms with Gasteiger partial charge in [0.15, 0.2) is 0 Å². The van der Waals surface area contributed by atoms with Crippen LogP contribution in [0, 0.1) is 0 Å². The van der Waals surface area contributed by atoms with E-state index < -0.39 is 0 Å². The topological polar surface area (TPSA) is 52.8 Å². The lowest BCUT2D eigenvalue weighted by molar-refractivity contribution is 0.411. The molecule has 0 aliphatic heterocycles. The molecule has 114 valence electrons. The van der Waals surface area contributed by atoms with Crippen molar-refractivity contribution in [2.75, 3.05) is 7.11 Å². The number of benzene rings is 1. The largest absolute Gasteiger partial charge is 0.496 e. The lowest BCUT2D eigenvalue weighted by Crippen LogP contribution is -2.02. The number of hydrogen-bond donors (Lipinski definition) is 0. The molecule has 0 aliphatic rings. The van der Waals surface area contributed by atoms with E-state index in [0.29, 0.717) is 6.54 Å². The molecule has 0 N–H and O–H groups in total. The molecule has 3 rings (SSSR count). The van der Waals surface area contributed by atoms with Crippen molar-refractivity contribution in [3.05, 3.63) is 50.6 Å². The van der Waals surface area contributed by atoms with E-state index in [1.165, 1.54) is 4.88 Å². The Morgan fingerprint density at radius 3 is 3.05 bits per heavy atom. The van der Waals surface area contributed by atoms with Crippen LogP contribution < -0.4 is 4.74 Å². The normalized spacial score (nSPS) is 10.8. The third kappa shape index (κ3) is 3.68. The predicted octanol–water partition coefficient (Wildman–Crippen LogP) is 3.85. The molecule has 3 aromatic rings. The maximum atomic E-state index is 5.39. The van der Waals surface area contributed by atoms with Gasteiger partial charge in [-0.25, -0.2) is 4.68 Å². The lowest BCUT2D eigenvalue weighted by atomic mass is 10.2. The van der Waals surface area contributed by atoms with Gasteiger partial charge in [0.25, 0.3) is 0 Å². The summed E-state index contributed by atoms with van der Waals surface area (Å²) in [7, 11) is 1.68. The van der Waals surface area contributed by atoms with Gasteiger partial charge in [0.05, 0.1) is 13.7 Å². The summed E-state index contributed by atoms with van der Waals surface area (Å²) in [6, 6.07) is 10.1. The van der Waals surface area contributed by atoms with Crippen LogP contribution in [0.15, 0.2) is 45.3 Å². The van der Waals surface area contributed by atoms with Gasteiger partial charge in [-0.05, 0) is 40.1 Å². The SMILES string of the molecule is COc1ccc(Br)cc1CSc1nnnn1Cc1cccs1. The molecule has 0 unspecified atom stereocenters. The number of thiophene rings is 1. The van der Waals surface area contributed by atoms with Gasteiger partial charge in [0.2, 0.25) is 5.16 Å². The Hall–Kier alpha value is -1.38. The molecule has 1 aromatic carbocycles. The van der Waals surface area contributed by atoms with Crippen molar-refractivity contribution >= 4 is 39.0 Å². The Morgan fingerprint density at radius 2 is 2.27 bits per heavy atom. The van der Waals surface area contributed by atoms with Gasteiger partial charge < -0.3 is 4.74 Å². The summed E-state index contributed by atoms with van der Waals surface area (Å²) in [5, 5.41) is 14.8. The molecule has 0 radical (unpaired) electrons. The molecule has 0 aliphatic carbocycles. The van der Waals surface area contributed by atoms with Crippen molar-refractivity contribution in [3.63, 3.8) is 0 Å². The second kappa shape index (κ2) is 7.26. The van der Waals surface area contributed by atoms with Gasteiger partial charge in [-0.3, -0.25) is 0 Å². The molecular weight excluding hydrogens is 384 g/mol. The number of thioether (sulfide) groups is 1. The van der Waals surface area contributed by atoms with E-state index >= 15 is 0 Å². The van der Waals surface area contributed by atoms with Crippen molar-refractivity contribution in [2.45, 2.75) is 17.5 Å². The van der Waals surface area contributed by atoms with Crippen LogP contribution in [-0.2, 0) is 12.3 Å². The molecule has 5 nitrogen and oxygen atoms in total. The highest BCUT2D eigenvalue weighted by molar-refractivity contribution is 9.10. The van der Waals surface area contributed by atoms with Crippen LogP contribution in [0.3, 0.4) is 0 Å². The molecule has 0 spiro atoms. The number of hydrogen-bond acceptors (Lipinski definition) is 6. The van der Waals surface area contributed by atoms with Crippen LogP contribution in [0.5, 0.6) is 5.75 Å². The van der Waals surface area contributed by atoms with Gasteiger partial charge in [0, 0.05) is 20.7 Å². The van der Waals surface area contributed by atoms with E-state index in [-0.39, 0.29) is 0 Å². The monoisotopic (exact) mass is 396 g/mol. The van der Waals surface area contributed by atoms with Crippen LogP contribution in [0.1, 0.15) is 10.4 Å². The highest BCUT2D eigenvalue weighted by Crippen LogP contribution is 2.29. The van der Waals surface area contributed by atoms with Crippen LogP contribution in [0.25, 0.3) is 0 Å². The summed E-state index contributed by atoms with van der Waals surface area (Å²) in [5.74, 6) is 1.61. The molecular formula is C14H13BrN4OS2. The Morgan fingerprint density at radius 1 is 1.36 bits per heavy atom. The maximum absolute atomic E-state index is 5.39. The minimum absolute atomic E-state index is 0.697. The minimum Gasteiger partial charge on any atom is -0.496 e. The van der Waals surface area contributed by atoms with E-state index in [4.69, 9.17) is 4.74 Å². The van der Waals surface area contributed by atoms with E-state index in [2.05, 4.69) is 49.0 Å². The lowest BCUT2D eigenvalue weighted by Gasteiger charge is -2.08. The average molecular weight is 397 g/mol. The van der Waals surface area contributed by atoms with Gasteiger partial charge in [-0.15, -0.1) is 16.4 Å². The molecule has 0 saturated heterocycles. The molecule has 22 heavy (non-hydrogen) atoms. The summed E-state index contributed by atoms with van der Waals surface area (Å²) in [6.45, 7) is 0.697. The quantitative estimate of drug-likeness (QED) is 0.592. The second-order valence-corrected chi connectivity index (χ2v) is 7.33. The van der Waals surface area contributed by atoms with Gasteiger partial charge in [0.1, 0.15) is 5.75 Å². The average Bonchev–Trinajstić information content (AvgIpc) is 3.18. The van der Waals surface area contributed by atoms with Gasteiger partial charge in [-0.1, -0.05) is 33.8 Å². The van der Waals surface area contributed by atoms with E-state index in [9.17, 15) is 0 Å². The number of aromatic nitrogens is 4. The third-order valence-corrected chi connectivity index (χ3v) is 5.34. The van der Waals surface area contributed by atoms with Crippen LogP contribution in [0.4, 0.5) is 0 Å². The van der Waals surface area contributed by atoms with Crippen molar-refractivity contribution in [3.8, 4) is 5.75 Å². The molecule has 8 heteroatoms. The summed E-state index contributed by atoms with van der Waals surface area (Å²) < 4.78 is 8.24. The Labute approximate surface area is 144 Å². The van der Waals surface area contributed by atoms with Crippen LogP contribution in [0.2, 0.25) is 0 Å². The van der Waals surface area contributed by atoms with E-state index in [1.807, 2.05) is 22.9 Å². The van der Waals surface area contributed by atoms with Crippen molar-refractivity contribution < 1.29 is 4.74 Å². The zero-order chi connectivity index (χ0) is 15.4. The maximum Gasteiger partial charge on any atom is 0.209 e. The highest BCUT2D eigenvalue weighted by Gasteiger charge is 2.11.